The lowest BCUT2D eigenvalue weighted by Gasteiger charge is -2.26. The van der Waals surface area contributed by atoms with Gasteiger partial charge in [-0.05, 0) is 60.9 Å². The van der Waals surface area contributed by atoms with E-state index in [1.54, 1.807) is 6.07 Å². The molecule has 3 heteroatoms. The van der Waals surface area contributed by atoms with Crippen molar-refractivity contribution in [2.75, 3.05) is 0 Å². The van der Waals surface area contributed by atoms with Crippen molar-refractivity contribution in [2.24, 2.45) is 5.92 Å². The van der Waals surface area contributed by atoms with Crippen LogP contribution in [0.1, 0.15) is 49.7 Å². The quantitative estimate of drug-likeness (QED) is 0.603. The lowest BCUT2D eigenvalue weighted by atomic mass is 9.79. The van der Waals surface area contributed by atoms with Gasteiger partial charge in [-0.2, -0.15) is 0 Å². The summed E-state index contributed by atoms with van der Waals surface area (Å²) in [7, 11) is 0. The van der Waals surface area contributed by atoms with E-state index in [2.05, 4.69) is 6.92 Å². The molecule has 0 nitrogen and oxygen atoms in total. The molecule has 2 aromatic rings. The number of hydrogen-bond acceptors (Lipinski definition) is 0. The van der Waals surface area contributed by atoms with Crippen LogP contribution in [0.5, 0.6) is 0 Å². The van der Waals surface area contributed by atoms with Crippen LogP contribution >= 0.6 is 0 Å². The molecular weight excluding hydrogens is 297 g/mol. The minimum absolute atomic E-state index is 0.0397. The Morgan fingerprint density at radius 2 is 1.43 bits per heavy atom. The molecule has 23 heavy (non-hydrogen) atoms. The van der Waals surface area contributed by atoms with Crippen LogP contribution in [0.3, 0.4) is 0 Å². The predicted octanol–water partition coefficient (Wildman–Crippen LogP) is 6.37. The summed E-state index contributed by atoms with van der Waals surface area (Å²) >= 11 is 0. The summed E-state index contributed by atoms with van der Waals surface area (Å²) in [6, 6.07) is 7.46. The molecule has 0 spiro atoms. The van der Waals surface area contributed by atoms with E-state index >= 15 is 0 Å². The highest BCUT2D eigenvalue weighted by atomic mass is 19.1. The molecule has 3 rings (SSSR count). The summed E-state index contributed by atoms with van der Waals surface area (Å²) in [5, 5.41) is 0. The smallest absolute Gasteiger partial charge is 0.131 e. The Balaban J connectivity index is 1.91. The first-order valence-electron chi connectivity index (χ1n) is 8.21. The van der Waals surface area contributed by atoms with Crippen LogP contribution in [0.2, 0.25) is 0 Å². The van der Waals surface area contributed by atoms with Crippen LogP contribution in [-0.2, 0) is 0 Å². The fourth-order valence-electron chi connectivity index (χ4n) is 3.41. The third kappa shape index (κ3) is 3.29. The molecule has 1 saturated carbocycles. The van der Waals surface area contributed by atoms with Crippen LogP contribution in [0.4, 0.5) is 13.2 Å². The van der Waals surface area contributed by atoms with Gasteiger partial charge < -0.3 is 0 Å². The molecule has 0 saturated heterocycles. The standard InChI is InChI=1S/C20H21F3/c1-12-3-5-14(6-4-12)15-7-8-17(20(23)9-15)16-10-18(21)13(2)19(22)11-16/h7-12,14H,3-6H2,1-2H3. The van der Waals surface area contributed by atoms with Crippen molar-refractivity contribution < 1.29 is 13.2 Å². The van der Waals surface area contributed by atoms with Gasteiger partial charge in [0, 0.05) is 11.1 Å². The van der Waals surface area contributed by atoms with Gasteiger partial charge >= 0.3 is 0 Å². The second-order valence-corrected chi connectivity index (χ2v) is 6.76. The molecule has 0 atom stereocenters. The van der Waals surface area contributed by atoms with Crippen molar-refractivity contribution in [1.29, 1.82) is 0 Å². The molecule has 0 unspecified atom stereocenters. The lowest BCUT2D eigenvalue weighted by Crippen LogP contribution is -2.11. The summed E-state index contributed by atoms with van der Waals surface area (Å²) in [5.74, 6) is -0.576. The van der Waals surface area contributed by atoms with Crippen molar-refractivity contribution in [3.63, 3.8) is 0 Å². The third-order valence-corrected chi connectivity index (χ3v) is 5.07. The lowest BCUT2D eigenvalue weighted by molar-refractivity contribution is 0.347. The highest BCUT2D eigenvalue weighted by Crippen LogP contribution is 2.37. The molecule has 0 heterocycles. The normalized spacial score (nSPS) is 21.4. The number of halogens is 3. The topological polar surface area (TPSA) is 0 Å². The minimum atomic E-state index is -0.648. The Bertz CT molecular complexity index is 690. The summed E-state index contributed by atoms with van der Waals surface area (Å²) < 4.78 is 41.9. The monoisotopic (exact) mass is 318 g/mol. The molecule has 122 valence electrons. The first kappa shape index (κ1) is 16.1. The number of hydrogen-bond donors (Lipinski definition) is 0. The second kappa shape index (κ2) is 6.38. The minimum Gasteiger partial charge on any atom is -0.207 e. The fraction of sp³-hybridized carbons (Fsp3) is 0.400. The zero-order valence-corrected chi connectivity index (χ0v) is 13.5. The van der Waals surface area contributed by atoms with Crippen molar-refractivity contribution in [3.8, 4) is 11.1 Å². The first-order chi connectivity index (χ1) is 11.0. The van der Waals surface area contributed by atoms with Crippen LogP contribution in [0, 0.1) is 30.3 Å². The third-order valence-electron chi connectivity index (χ3n) is 5.07. The molecule has 0 N–H and O–H groups in total. The zero-order chi connectivity index (χ0) is 16.6. The fourth-order valence-corrected chi connectivity index (χ4v) is 3.41. The van der Waals surface area contributed by atoms with Gasteiger partial charge in [-0.25, -0.2) is 13.2 Å². The van der Waals surface area contributed by atoms with E-state index in [0.29, 0.717) is 5.92 Å². The molecule has 1 aliphatic carbocycles. The van der Waals surface area contributed by atoms with Crippen LogP contribution < -0.4 is 0 Å². The molecule has 0 aromatic heterocycles. The number of rotatable bonds is 2. The molecule has 0 bridgehead atoms. The Labute approximate surface area is 135 Å². The first-order valence-corrected chi connectivity index (χ1v) is 8.21. The molecule has 0 radical (unpaired) electrons. The molecular formula is C20H21F3. The molecule has 1 fully saturated rings. The largest absolute Gasteiger partial charge is 0.207 e. The molecule has 0 amide bonds. The summed E-state index contributed by atoms with van der Waals surface area (Å²) in [4.78, 5) is 0. The highest BCUT2D eigenvalue weighted by Gasteiger charge is 2.21. The predicted molar refractivity (Wildman–Crippen MR) is 86.9 cm³/mol. The van der Waals surface area contributed by atoms with Gasteiger partial charge in [0.15, 0.2) is 0 Å². The average Bonchev–Trinajstić information content (AvgIpc) is 2.53. The average molecular weight is 318 g/mol. The molecule has 1 aliphatic rings. The SMILES string of the molecule is Cc1c(F)cc(-c2ccc(C3CCC(C)CC3)cc2F)cc1F. The van der Waals surface area contributed by atoms with E-state index in [9.17, 15) is 13.2 Å². The Morgan fingerprint density at radius 3 is 2.00 bits per heavy atom. The van der Waals surface area contributed by atoms with E-state index < -0.39 is 17.5 Å². The van der Waals surface area contributed by atoms with Gasteiger partial charge in [0.1, 0.15) is 17.5 Å². The summed E-state index contributed by atoms with van der Waals surface area (Å²) in [5.41, 5.74) is 1.44. The Kier molecular flexibility index (Phi) is 4.47. The summed E-state index contributed by atoms with van der Waals surface area (Å²) in [6.07, 6.45) is 4.49. The van der Waals surface area contributed by atoms with Gasteiger partial charge in [-0.15, -0.1) is 0 Å². The van der Waals surface area contributed by atoms with Crippen LogP contribution in [0.25, 0.3) is 11.1 Å². The van der Waals surface area contributed by atoms with Crippen molar-refractivity contribution >= 4 is 0 Å². The highest BCUT2D eigenvalue weighted by molar-refractivity contribution is 5.65. The summed E-state index contributed by atoms with van der Waals surface area (Å²) in [6.45, 7) is 3.62. The second-order valence-electron chi connectivity index (χ2n) is 6.76. The van der Waals surface area contributed by atoms with Gasteiger partial charge in [-0.3, -0.25) is 0 Å². The van der Waals surface area contributed by atoms with Gasteiger partial charge in [0.25, 0.3) is 0 Å². The van der Waals surface area contributed by atoms with Gasteiger partial charge in [0.05, 0.1) is 0 Å². The maximum atomic E-state index is 14.5. The van der Waals surface area contributed by atoms with Crippen LogP contribution in [0.15, 0.2) is 30.3 Å². The molecule has 0 aliphatic heterocycles. The number of benzene rings is 2. The van der Waals surface area contributed by atoms with Crippen molar-refractivity contribution in [2.45, 2.75) is 45.4 Å². The molecule has 2 aromatic carbocycles. The van der Waals surface area contributed by atoms with Crippen molar-refractivity contribution in [1.82, 2.24) is 0 Å². The Morgan fingerprint density at radius 1 is 0.826 bits per heavy atom. The van der Waals surface area contributed by atoms with E-state index in [1.807, 2.05) is 6.07 Å². The Hall–Kier alpha value is -1.77. The zero-order valence-electron chi connectivity index (χ0n) is 13.5. The van der Waals surface area contributed by atoms with Crippen molar-refractivity contribution in [3.05, 3.63) is 58.9 Å². The van der Waals surface area contributed by atoms with E-state index in [4.69, 9.17) is 0 Å². The van der Waals surface area contributed by atoms with Gasteiger partial charge in [0.2, 0.25) is 0 Å². The van der Waals surface area contributed by atoms with Crippen LogP contribution in [-0.4, -0.2) is 0 Å². The van der Waals surface area contributed by atoms with Gasteiger partial charge in [-0.1, -0.05) is 31.9 Å². The van der Waals surface area contributed by atoms with E-state index in [1.165, 1.54) is 38.0 Å². The van der Waals surface area contributed by atoms with E-state index in [-0.39, 0.29) is 16.7 Å². The maximum absolute atomic E-state index is 14.5. The van der Waals surface area contributed by atoms with E-state index in [0.717, 1.165) is 24.3 Å². The maximum Gasteiger partial charge on any atom is 0.131 e.